The van der Waals surface area contributed by atoms with Crippen LogP contribution in [0.4, 0.5) is 0 Å². The Labute approximate surface area is 220 Å². The highest BCUT2D eigenvalue weighted by Gasteiger charge is 2.59. The summed E-state index contributed by atoms with van der Waals surface area (Å²) in [5.74, 6) is 0. The number of benzene rings is 3. The van der Waals surface area contributed by atoms with Crippen LogP contribution in [0.2, 0.25) is 0 Å². The van der Waals surface area contributed by atoms with Crippen molar-refractivity contribution in [3.8, 4) is 0 Å². The third-order valence-electron chi connectivity index (χ3n) is 6.66. The molecule has 0 saturated carbocycles. The normalized spacial score (nSPS) is 24.0. The molecule has 0 aromatic heterocycles. The second kappa shape index (κ2) is 13.5. The van der Waals surface area contributed by atoms with E-state index in [0.717, 1.165) is 16.7 Å². The second-order valence-corrected chi connectivity index (χ2v) is 9.26. The smallest absolute Gasteiger partial charge is 0.130 e. The Morgan fingerprint density at radius 3 is 1.81 bits per heavy atom. The summed E-state index contributed by atoms with van der Waals surface area (Å²) < 4.78 is 25.7. The van der Waals surface area contributed by atoms with Gasteiger partial charge in [-0.1, -0.05) is 103 Å². The van der Waals surface area contributed by atoms with Gasteiger partial charge in [0.1, 0.15) is 30.0 Å². The molecule has 5 nitrogen and oxygen atoms in total. The van der Waals surface area contributed by atoms with Gasteiger partial charge in [0, 0.05) is 0 Å². The third kappa shape index (κ3) is 6.83. The van der Waals surface area contributed by atoms with Crippen LogP contribution < -0.4 is 0 Å². The van der Waals surface area contributed by atoms with Crippen LogP contribution in [0.1, 0.15) is 23.1 Å². The van der Waals surface area contributed by atoms with Crippen LogP contribution in [0.3, 0.4) is 0 Å². The van der Waals surface area contributed by atoms with Gasteiger partial charge in [-0.15, -0.1) is 13.2 Å². The zero-order valence-electron chi connectivity index (χ0n) is 21.2. The number of ether oxygens (including phenoxy) is 4. The maximum atomic E-state index is 11.2. The van der Waals surface area contributed by atoms with E-state index in [4.69, 9.17) is 18.9 Å². The highest BCUT2D eigenvalue weighted by atomic mass is 16.6. The van der Waals surface area contributed by atoms with Crippen LogP contribution in [0.5, 0.6) is 0 Å². The Hall–Kier alpha value is -3.06. The van der Waals surface area contributed by atoms with E-state index in [0.29, 0.717) is 26.2 Å². The minimum atomic E-state index is -1.11. The zero-order valence-corrected chi connectivity index (χ0v) is 21.2. The Kier molecular flexibility index (Phi) is 9.83. The molecule has 5 heteroatoms. The van der Waals surface area contributed by atoms with Gasteiger partial charge in [0.05, 0.1) is 26.4 Å². The molecular weight excluding hydrogens is 464 g/mol. The summed E-state index contributed by atoms with van der Waals surface area (Å²) in [6, 6.07) is 29.9. The van der Waals surface area contributed by atoms with Gasteiger partial charge >= 0.3 is 0 Å². The summed E-state index contributed by atoms with van der Waals surface area (Å²) in [6.45, 7) is 9.22. The topological polar surface area (TPSA) is 57.2 Å². The van der Waals surface area contributed by atoms with Crippen molar-refractivity contribution < 1.29 is 24.1 Å². The molecule has 37 heavy (non-hydrogen) atoms. The van der Waals surface area contributed by atoms with E-state index in [1.165, 1.54) is 6.08 Å². The van der Waals surface area contributed by atoms with Gasteiger partial charge in [-0.25, -0.2) is 0 Å². The summed E-state index contributed by atoms with van der Waals surface area (Å²) in [6.07, 6.45) is 1.05. The lowest BCUT2D eigenvalue weighted by molar-refractivity contribution is -0.159. The summed E-state index contributed by atoms with van der Waals surface area (Å²) in [7, 11) is 0. The lowest BCUT2D eigenvalue weighted by Gasteiger charge is -2.37. The fourth-order valence-electron chi connectivity index (χ4n) is 4.79. The molecule has 4 rings (SSSR count). The van der Waals surface area contributed by atoms with Crippen LogP contribution >= 0.6 is 0 Å². The van der Waals surface area contributed by atoms with E-state index in [-0.39, 0.29) is 6.61 Å². The van der Waals surface area contributed by atoms with Crippen LogP contribution in [0.15, 0.2) is 116 Å². The van der Waals surface area contributed by atoms with E-state index < -0.39 is 30.0 Å². The summed E-state index contributed by atoms with van der Waals surface area (Å²) in [4.78, 5) is 0. The largest absolute Gasteiger partial charge is 0.386 e. The first-order chi connectivity index (χ1) is 18.2. The number of aliphatic hydroxyl groups excluding tert-OH is 1. The van der Waals surface area contributed by atoms with Gasteiger partial charge in [-0.3, -0.25) is 0 Å². The number of rotatable bonds is 14. The predicted octanol–water partition coefficient (Wildman–Crippen LogP) is 5.63. The summed E-state index contributed by atoms with van der Waals surface area (Å²) in [5, 5.41) is 11.2. The summed E-state index contributed by atoms with van der Waals surface area (Å²) in [5.41, 5.74) is 2.02. The van der Waals surface area contributed by atoms with Crippen molar-refractivity contribution in [3.05, 3.63) is 133 Å². The maximum Gasteiger partial charge on any atom is 0.130 e. The van der Waals surface area contributed by atoms with Crippen molar-refractivity contribution in [1.82, 2.24) is 0 Å². The standard InChI is InChI=1S/C32H36O5/c1-3-20-32(29(33)4-2)31(36-23-27-18-12-7-13-19-27)30(35-22-26-16-10-6-11-17-26)28(37-32)24-34-21-25-14-8-5-9-15-25/h3-19,28-31,33H,1-2,20-24H2/t28-,29?,30-,31+,32+/m1/s1. The fraction of sp³-hybridized carbons (Fsp3) is 0.312. The molecule has 1 aliphatic heterocycles. The molecule has 1 saturated heterocycles. The van der Waals surface area contributed by atoms with Gasteiger partial charge in [-0.05, 0) is 23.1 Å². The molecular formula is C32H36O5. The van der Waals surface area contributed by atoms with Gasteiger partial charge in [0.2, 0.25) is 0 Å². The Morgan fingerprint density at radius 2 is 1.30 bits per heavy atom. The van der Waals surface area contributed by atoms with Crippen molar-refractivity contribution >= 4 is 0 Å². The molecule has 1 heterocycles. The first kappa shape index (κ1) is 27.0. The molecule has 1 unspecified atom stereocenters. The first-order valence-corrected chi connectivity index (χ1v) is 12.7. The zero-order chi connectivity index (χ0) is 25.9. The molecule has 0 spiro atoms. The molecule has 0 bridgehead atoms. The van der Waals surface area contributed by atoms with E-state index in [9.17, 15) is 5.11 Å². The number of hydrogen-bond acceptors (Lipinski definition) is 5. The highest BCUT2D eigenvalue weighted by molar-refractivity contribution is 5.18. The van der Waals surface area contributed by atoms with Crippen LogP contribution in [0, 0.1) is 0 Å². The predicted molar refractivity (Wildman–Crippen MR) is 145 cm³/mol. The monoisotopic (exact) mass is 500 g/mol. The third-order valence-corrected chi connectivity index (χ3v) is 6.66. The van der Waals surface area contributed by atoms with Gasteiger partial charge in [0.15, 0.2) is 0 Å². The summed E-state index contributed by atoms with van der Waals surface area (Å²) >= 11 is 0. The van der Waals surface area contributed by atoms with E-state index in [1.54, 1.807) is 6.08 Å². The van der Waals surface area contributed by atoms with E-state index >= 15 is 0 Å². The van der Waals surface area contributed by atoms with Gasteiger partial charge in [0.25, 0.3) is 0 Å². The minimum absolute atomic E-state index is 0.280. The highest BCUT2D eigenvalue weighted by Crippen LogP contribution is 2.42. The molecule has 194 valence electrons. The Morgan fingerprint density at radius 1 is 0.784 bits per heavy atom. The molecule has 0 amide bonds. The first-order valence-electron chi connectivity index (χ1n) is 12.7. The van der Waals surface area contributed by atoms with Crippen LogP contribution in [-0.4, -0.2) is 41.7 Å². The van der Waals surface area contributed by atoms with Crippen LogP contribution in [0.25, 0.3) is 0 Å². The van der Waals surface area contributed by atoms with Crippen LogP contribution in [-0.2, 0) is 38.8 Å². The molecule has 3 aromatic rings. The maximum absolute atomic E-state index is 11.2. The lowest BCUT2D eigenvalue weighted by atomic mass is 9.85. The second-order valence-electron chi connectivity index (χ2n) is 9.26. The SMILES string of the molecule is C=CC[C@@]1(C(O)C=C)O[C@H](COCc2ccccc2)[C@@H](OCc2ccccc2)[C@@H]1OCc1ccccc1. The molecule has 1 fully saturated rings. The average molecular weight is 501 g/mol. The molecule has 5 atom stereocenters. The number of aliphatic hydroxyl groups is 1. The quantitative estimate of drug-likeness (QED) is 0.291. The Balaban J connectivity index is 1.60. The number of hydrogen-bond donors (Lipinski definition) is 1. The van der Waals surface area contributed by atoms with Crippen molar-refractivity contribution in [1.29, 1.82) is 0 Å². The van der Waals surface area contributed by atoms with Gasteiger partial charge in [-0.2, -0.15) is 0 Å². The molecule has 0 aliphatic carbocycles. The average Bonchev–Trinajstić information content (AvgIpc) is 3.25. The molecule has 1 aliphatic rings. The van der Waals surface area contributed by atoms with E-state index in [2.05, 4.69) is 13.2 Å². The fourth-order valence-corrected chi connectivity index (χ4v) is 4.79. The van der Waals surface area contributed by atoms with E-state index in [1.807, 2.05) is 91.0 Å². The van der Waals surface area contributed by atoms with Gasteiger partial charge < -0.3 is 24.1 Å². The Bertz CT molecular complexity index is 1090. The molecule has 0 radical (unpaired) electrons. The van der Waals surface area contributed by atoms with Crippen molar-refractivity contribution in [3.63, 3.8) is 0 Å². The van der Waals surface area contributed by atoms with Crippen molar-refractivity contribution in [2.24, 2.45) is 0 Å². The minimum Gasteiger partial charge on any atom is -0.386 e. The van der Waals surface area contributed by atoms with Crippen molar-refractivity contribution in [2.45, 2.75) is 56.3 Å². The molecule has 1 N–H and O–H groups in total. The van der Waals surface area contributed by atoms with Crippen molar-refractivity contribution in [2.75, 3.05) is 6.61 Å². The lowest BCUT2D eigenvalue weighted by Crippen LogP contribution is -2.53. The molecule has 3 aromatic carbocycles.